The van der Waals surface area contributed by atoms with E-state index in [1.54, 1.807) is 0 Å². The van der Waals surface area contributed by atoms with Crippen LogP contribution in [0.5, 0.6) is 0 Å². The highest BCUT2D eigenvalue weighted by atomic mass is 35.5. The zero-order valence-electron chi connectivity index (χ0n) is 13.9. The number of fused-ring (bicyclic) bond motifs is 1. The molecule has 0 bridgehead atoms. The molecule has 0 aromatic heterocycles. The van der Waals surface area contributed by atoms with Crippen LogP contribution in [0.3, 0.4) is 0 Å². The van der Waals surface area contributed by atoms with E-state index in [9.17, 15) is 4.79 Å². The summed E-state index contributed by atoms with van der Waals surface area (Å²) in [6.45, 7) is 4.39. The molecule has 3 aliphatic rings. The summed E-state index contributed by atoms with van der Waals surface area (Å²) in [7, 11) is 0. The average Bonchev–Trinajstić information content (AvgIpc) is 3.16. The molecule has 2 saturated heterocycles. The molecule has 3 atom stereocenters. The molecule has 1 amide bonds. The Morgan fingerprint density at radius 2 is 2.12 bits per heavy atom. The lowest BCUT2D eigenvalue weighted by molar-refractivity contribution is -0.121. The number of rotatable bonds is 6. The second-order valence-corrected chi connectivity index (χ2v) is 7.94. The fourth-order valence-electron chi connectivity index (χ4n) is 3.99. The van der Waals surface area contributed by atoms with E-state index in [0.29, 0.717) is 30.3 Å². The summed E-state index contributed by atoms with van der Waals surface area (Å²) >= 11 is 6.28. The summed E-state index contributed by atoms with van der Waals surface area (Å²) in [5, 5.41) is 3.96. The third-order valence-corrected chi connectivity index (χ3v) is 5.97. The Balaban J connectivity index is 1.28. The van der Waals surface area contributed by atoms with Crippen molar-refractivity contribution in [1.82, 2.24) is 10.2 Å². The van der Waals surface area contributed by atoms with Gasteiger partial charge in [0, 0.05) is 49.5 Å². The minimum absolute atomic E-state index is 0.215. The Labute approximate surface area is 148 Å². The van der Waals surface area contributed by atoms with E-state index in [-0.39, 0.29) is 5.91 Å². The van der Waals surface area contributed by atoms with Crippen LogP contribution in [0, 0.1) is 17.8 Å². The Hall–Kier alpha value is -1.10. The van der Waals surface area contributed by atoms with Gasteiger partial charge in [-0.1, -0.05) is 29.8 Å². The van der Waals surface area contributed by atoms with Crippen molar-refractivity contribution in [1.29, 1.82) is 0 Å². The van der Waals surface area contributed by atoms with E-state index in [1.807, 2.05) is 18.2 Å². The number of nitrogens with one attached hydrogen (secondary N) is 1. The Morgan fingerprint density at radius 1 is 1.29 bits per heavy atom. The first-order valence-corrected chi connectivity index (χ1v) is 9.41. The number of carbonyl (C=O) groups is 1. The molecule has 2 heterocycles. The first kappa shape index (κ1) is 16.4. The van der Waals surface area contributed by atoms with E-state index >= 15 is 0 Å². The quantitative estimate of drug-likeness (QED) is 0.859. The first-order valence-electron chi connectivity index (χ1n) is 9.03. The lowest BCUT2D eigenvalue weighted by atomic mass is 9.93. The number of carbonyl (C=O) groups excluding carboxylic acids is 1. The predicted molar refractivity (Wildman–Crippen MR) is 93.8 cm³/mol. The van der Waals surface area contributed by atoms with E-state index in [1.165, 1.54) is 18.4 Å². The van der Waals surface area contributed by atoms with Crippen LogP contribution in [0.25, 0.3) is 0 Å². The van der Waals surface area contributed by atoms with E-state index < -0.39 is 0 Å². The van der Waals surface area contributed by atoms with Crippen molar-refractivity contribution in [2.75, 3.05) is 26.2 Å². The van der Waals surface area contributed by atoms with Crippen LogP contribution in [0.15, 0.2) is 24.3 Å². The molecular formula is C19H25ClN2O2. The zero-order chi connectivity index (χ0) is 16.5. The minimum atomic E-state index is 0.215. The van der Waals surface area contributed by atoms with Crippen molar-refractivity contribution >= 4 is 17.5 Å². The van der Waals surface area contributed by atoms with Gasteiger partial charge in [-0.05, 0) is 30.4 Å². The molecule has 1 saturated carbocycles. The van der Waals surface area contributed by atoms with Gasteiger partial charge in [-0.2, -0.15) is 0 Å². The number of halogens is 1. The smallest absolute Gasteiger partial charge is 0.220 e. The number of hydrogen-bond donors (Lipinski definition) is 1. The van der Waals surface area contributed by atoms with Crippen molar-refractivity contribution in [2.45, 2.75) is 31.9 Å². The van der Waals surface area contributed by atoms with Crippen LogP contribution in [-0.2, 0) is 16.1 Å². The van der Waals surface area contributed by atoms with Crippen LogP contribution in [0.4, 0.5) is 0 Å². The first-order chi connectivity index (χ1) is 11.7. The van der Waals surface area contributed by atoms with E-state index in [0.717, 1.165) is 37.8 Å². The van der Waals surface area contributed by atoms with Gasteiger partial charge in [-0.15, -0.1) is 0 Å². The molecule has 1 aliphatic carbocycles. The number of ether oxygens (including phenoxy) is 1. The maximum atomic E-state index is 11.9. The number of likely N-dealkylation sites (tertiary alicyclic amines) is 1. The summed E-state index contributed by atoms with van der Waals surface area (Å²) in [5.74, 6) is 1.82. The van der Waals surface area contributed by atoms with Gasteiger partial charge in [0.2, 0.25) is 5.91 Å². The summed E-state index contributed by atoms with van der Waals surface area (Å²) < 4.78 is 5.99. The molecular weight excluding hydrogens is 324 g/mol. The Bertz CT molecular complexity index is 605. The molecule has 1 N–H and O–H groups in total. The van der Waals surface area contributed by atoms with Crippen molar-refractivity contribution in [3.63, 3.8) is 0 Å². The molecule has 1 aromatic carbocycles. The van der Waals surface area contributed by atoms with E-state index in [2.05, 4.69) is 16.3 Å². The summed E-state index contributed by atoms with van der Waals surface area (Å²) in [6.07, 6.45) is 3.46. The minimum Gasteiger partial charge on any atom is -0.376 e. The Kier molecular flexibility index (Phi) is 4.79. The number of benzene rings is 1. The monoisotopic (exact) mass is 348 g/mol. The van der Waals surface area contributed by atoms with Crippen molar-refractivity contribution in [3.05, 3.63) is 34.9 Å². The molecule has 3 fully saturated rings. The molecule has 1 aromatic rings. The topological polar surface area (TPSA) is 41.6 Å². The molecule has 4 rings (SSSR count). The van der Waals surface area contributed by atoms with Crippen molar-refractivity contribution in [2.24, 2.45) is 17.8 Å². The molecule has 4 nitrogen and oxygen atoms in total. The van der Waals surface area contributed by atoms with Gasteiger partial charge in [0.1, 0.15) is 0 Å². The summed E-state index contributed by atoms with van der Waals surface area (Å²) in [5.41, 5.74) is 1.17. The van der Waals surface area contributed by atoms with Crippen LogP contribution in [0.2, 0.25) is 5.02 Å². The highest BCUT2D eigenvalue weighted by Crippen LogP contribution is 2.35. The molecule has 5 heteroatoms. The summed E-state index contributed by atoms with van der Waals surface area (Å²) in [6, 6.07) is 8.04. The van der Waals surface area contributed by atoms with Gasteiger partial charge in [-0.25, -0.2) is 0 Å². The van der Waals surface area contributed by atoms with Gasteiger partial charge >= 0.3 is 0 Å². The van der Waals surface area contributed by atoms with Gasteiger partial charge < -0.3 is 10.1 Å². The zero-order valence-corrected chi connectivity index (χ0v) is 14.7. The summed E-state index contributed by atoms with van der Waals surface area (Å²) in [4.78, 5) is 14.3. The fraction of sp³-hybridized carbons (Fsp3) is 0.632. The van der Waals surface area contributed by atoms with Gasteiger partial charge in [0.05, 0.1) is 12.7 Å². The highest BCUT2D eigenvalue weighted by Gasteiger charge is 2.43. The number of amides is 1. The van der Waals surface area contributed by atoms with Gasteiger partial charge in [0.15, 0.2) is 0 Å². The maximum absolute atomic E-state index is 11.9. The fourth-order valence-corrected chi connectivity index (χ4v) is 4.18. The second kappa shape index (κ2) is 7.03. The molecule has 2 aliphatic heterocycles. The third kappa shape index (κ3) is 3.76. The number of hydrogen-bond acceptors (Lipinski definition) is 3. The lowest BCUT2D eigenvalue weighted by Crippen LogP contribution is -2.34. The van der Waals surface area contributed by atoms with Crippen LogP contribution in [-0.4, -0.2) is 43.2 Å². The SMILES string of the molecule is O=C(CC1CC1)NC[C@@H]1CO[C@H]2CN(Cc3ccccc3Cl)C[C@@H]12. The van der Waals surface area contributed by atoms with Crippen LogP contribution in [0.1, 0.15) is 24.8 Å². The molecule has 130 valence electrons. The molecule has 0 unspecified atom stereocenters. The third-order valence-electron chi connectivity index (χ3n) is 5.60. The number of nitrogens with zero attached hydrogens (tertiary/aromatic N) is 1. The van der Waals surface area contributed by atoms with Gasteiger partial charge in [0.25, 0.3) is 0 Å². The van der Waals surface area contributed by atoms with Crippen molar-refractivity contribution < 1.29 is 9.53 Å². The van der Waals surface area contributed by atoms with Crippen LogP contribution < -0.4 is 5.32 Å². The van der Waals surface area contributed by atoms with Crippen LogP contribution >= 0.6 is 11.6 Å². The predicted octanol–water partition coefficient (Wildman–Crippen LogP) is 2.70. The molecule has 0 radical (unpaired) electrons. The molecule has 24 heavy (non-hydrogen) atoms. The second-order valence-electron chi connectivity index (χ2n) is 7.53. The normalized spacial score (nSPS) is 29.6. The van der Waals surface area contributed by atoms with Gasteiger partial charge in [-0.3, -0.25) is 9.69 Å². The Morgan fingerprint density at radius 3 is 2.92 bits per heavy atom. The molecule has 0 spiro atoms. The lowest BCUT2D eigenvalue weighted by Gasteiger charge is -2.20. The van der Waals surface area contributed by atoms with E-state index in [4.69, 9.17) is 16.3 Å². The highest BCUT2D eigenvalue weighted by molar-refractivity contribution is 6.31. The largest absolute Gasteiger partial charge is 0.376 e. The average molecular weight is 349 g/mol. The van der Waals surface area contributed by atoms with Crippen molar-refractivity contribution in [3.8, 4) is 0 Å². The standard InChI is InChI=1S/C19H25ClN2O2/c20-17-4-2-1-3-14(17)9-22-10-16-15(12-24-18(16)11-22)8-21-19(23)7-13-5-6-13/h1-4,13,15-16,18H,5-12H2,(H,21,23)/t15-,16+,18+/m1/s1. The maximum Gasteiger partial charge on any atom is 0.220 e.